The van der Waals surface area contributed by atoms with E-state index in [1.165, 1.54) is 42.7 Å². The standard InChI is InChI=1S/C4H5N2.2C3H9BO3.Li/c1-4-5-2-3-6-4;2*1-5-4(6-2)7-3;/h2-3H,1H3;2*1-3H3;/q-1;;;+1. The van der Waals surface area contributed by atoms with Crippen molar-refractivity contribution in [2.75, 3.05) is 42.7 Å². The number of hydrogen-bond donors (Lipinski definition) is 0. The summed E-state index contributed by atoms with van der Waals surface area (Å²) in [6, 6.07) is 0. The largest absolute Gasteiger partial charge is 1.00 e. The SMILES string of the molecule is COB(OC)OC.COB(OC)OC.Cc1ncc[n-]1.[Li+]. The van der Waals surface area contributed by atoms with Crippen molar-refractivity contribution in [3.63, 3.8) is 0 Å². The number of aromatic nitrogens is 2. The van der Waals surface area contributed by atoms with Crippen LogP contribution in [0.2, 0.25) is 0 Å². The molecule has 0 amide bonds. The summed E-state index contributed by atoms with van der Waals surface area (Å²) in [5, 5.41) is 0. The minimum atomic E-state index is -0.514. The van der Waals surface area contributed by atoms with Crippen LogP contribution in [-0.2, 0) is 27.9 Å². The Kier molecular flexibility index (Phi) is 24.0. The summed E-state index contributed by atoms with van der Waals surface area (Å²) in [5.41, 5.74) is 0. The Morgan fingerprint density at radius 1 is 0.810 bits per heavy atom. The number of hydrogen-bond acceptors (Lipinski definition) is 7. The number of imidazole rings is 1. The molecule has 0 aliphatic heterocycles. The van der Waals surface area contributed by atoms with Crippen LogP contribution in [0.25, 0.3) is 0 Å². The zero-order valence-electron chi connectivity index (χ0n) is 14.2. The van der Waals surface area contributed by atoms with E-state index in [1.54, 1.807) is 12.4 Å². The molecule has 0 aliphatic rings. The van der Waals surface area contributed by atoms with E-state index < -0.39 is 14.6 Å². The molecular weight excluding hydrogens is 273 g/mol. The van der Waals surface area contributed by atoms with Gasteiger partial charge in [0.15, 0.2) is 0 Å². The van der Waals surface area contributed by atoms with Crippen LogP contribution < -0.4 is 23.8 Å². The summed E-state index contributed by atoms with van der Waals surface area (Å²) in [6.07, 6.45) is 3.35. The smallest absolute Gasteiger partial charge is 0.447 e. The van der Waals surface area contributed by atoms with E-state index >= 15 is 0 Å². The molecule has 1 aromatic heterocycles. The topological polar surface area (TPSA) is 82.4 Å². The van der Waals surface area contributed by atoms with E-state index in [0.717, 1.165) is 5.82 Å². The molecule has 21 heavy (non-hydrogen) atoms. The Bertz CT molecular complexity index is 254. The Labute approximate surface area is 139 Å². The third-order valence-electron chi connectivity index (χ3n) is 1.74. The maximum Gasteiger partial charge on any atom is 1.00 e. The van der Waals surface area contributed by atoms with Gasteiger partial charge in [-0.25, -0.2) is 0 Å². The van der Waals surface area contributed by atoms with Gasteiger partial charge >= 0.3 is 33.5 Å². The fourth-order valence-electron chi connectivity index (χ4n) is 0.893. The Hall–Kier alpha value is -0.303. The molecule has 11 heteroatoms. The third-order valence-corrected chi connectivity index (χ3v) is 1.74. The summed E-state index contributed by atoms with van der Waals surface area (Å²) >= 11 is 0. The van der Waals surface area contributed by atoms with E-state index in [2.05, 4.69) is 37.9 Å². The Balaban J connectivity index is -0.000000226. The van der Waals surface area contributed by atoms with Crippen molar-refractivity contribution < 1.29 is 46.8 Å². The van der Waals surface area contributed by atoms with E-state index in [1.807, 2.05) is 6.92 Å². The molecule has 0 bridgehead atoms. The summed E-state index contributed by atoms with van der Waals surface area (Å²) < 4.78 is 27.6. The van der Waals surface area contributed by atoms with Gasteiger partial charge in [0.2, 0.25) is 0 Å². The molecule has 0 fully saturated rings. The fraction of sp³-hybridized carbons (Fsp3) is 0.700. The maximum absolute atomic E-state index is 4.60. The van der Waals surface area contributed by atoms with Crippen LogP contribution >= 0.6 is 0 Å². The van der Waals surface area contributed by atoms with E-state index in [9.17, 15) is 0 Å². The van der Waals surface area contributed by atoms with E-state index in [-0.39, 0.29) is 18.9 Å². The summed E-state index contributed by atoms with van der Waals surface area (Å²) in [5.74, 6) is 0.843. The van der Waals surface area contributed by atoms with Crippen molar-refractivity contribution in [2.24, 2.45) is 0 Å². The first-order chi connectivity index (χ1) is 9.59. The second kappa shape index (κ2) is 19.7. The van der Waals surface area contributed by atoms with Crippen molar-refractivity contribution >= 4 is 14.6 Å². The maximum atomic E-state index is 4.60. The van der Waals surface area contributed by atoms with Gasteiger partial charge in [-0.05, 0) is 6.92 Å². The predicted octanol–water partition coefficient (Wildman–Crippen LogP) is -2.83. The first kappa shape index (κ1) is 25.6. The molecule has 1 aromatic rings. The zero-order valence-corrected chi connectivity index (χ0v) is 14.2. The van der Waals surface area contributed by atoms with Crippen LogP contribution in [0.5, 0.6) is 0 Å². The molecule has 0 aromatic carbocycles. The Morgan fingerprint density at radius 3 is 1.19 bits per heavy atom. The van der Waals surface area contributed by atoms with Gasteiger partial charge in [-0.15, -0.1) is 0 Å². The molecule has 0 N–H and O–H groups in total. The molecule has 0 unspecified atom stereocenters. The molecule has 0 aliphatic carbocycles. The average molecular weight is 296 g/mol. The van der Waals surface area contributed by atoms with Crippen LogP contribution in [0.3, 0.4) is 0 Å². The first-order valence-corrected chi connectivity index (χ1v) is 5.66. The van der Waals surface area contributed by atoms with Gasteiger partial charge in [0, 0.05) is 42.7 Å². The molecule has 1 heterocycles. The van der Waals surface area contributed by atoms with Gasteiger partial charge in [-0.3, -0.25) is 0 Å². The predicted molar refractivity (Wildman–Crippen MR) is 75.9 cm³/mol. The number of nitrogens with zero attached hydrogens (tertiary/aromatic N) is 2. The van der Waals surface area contributed by atoms with Crippen molar-refractivity contribution in [3.05, 3.63) is 18.2 Å². The van der Waals surface area contributed by atoms with Gasteiger partial charge in [-0.2, -0.15) is 0 Å². The molecule has 0 spiro atoms. The van der Waals surface area contributed by atoms with E-state index in [0.29, 0.717) is 0 Å². The molecule has 116 valence electrons. The minimum Gasteiger partial charge on any atom is -0.447 e. The first-order valence-electron chi connectivity index (χ1n) is 5.66. The molecule has 0 radical (unpaired) electrons. The van der Waals surface area contributed by atoms with Crippen molar-refractivity contribution in [3.8, 4) is 0 Å². The molecule has 1 rings (SSSR count). The van der Waals surface area contributed by atoms with Crippen LogP contribution in [0.15, 0.2) is 12.4 Å². The average Bonchev–Trinajstić information content (AvgIpc) is 2.95. The molecule has 0 saturated heterocycles. The summed E-state index contributed by atoms with van der Waals surface area (Å²) in [7, 11) is 8.04. The van der Waals surface area contributed by atoms with Crippen molar-refractivity contribution in [1.29, 1.82) is 0 Å². The van der Waals surface area contributed by atoms with Crippen molar-refractivity contribution in [2.45, 2.75) is 6.92 Å². The van der Waals surface area contributed by atoms with Crippen LogP contribution in [-0.4, -0.2) is 62.3 Å². The summed E-state index contributed by atoms with van der Waals surface area (Å²) in [4.78, 5) is 7.61. The summed E-state index contributed by atoms with van der Waals surface area (Å²) in [6.45, 7) is 1.86. The van der Waals surface area contributed by atoms with Crippen LogP contribution in [0.4, 0.5) is 0 Å². The quantitative estimate of drug-likeness (QED) is 0.520. The van der Waals surface area contributed by atoms with E-state index in [4.69, 9.17) is 0 Å². The number of aryl methyl sites for hydroxylation is 1. The second-order valence-electron chi connectivity index (χ2n) is 3.10. The van der Waals surface area contributed by atoms with Gasteiger partial charge < -0.3 is 37.9 Å². The Morgan fingerprint density at radius 2 is 1.14 bits per heavy atom. The van der Waals surface area contributed by atoms with Gasteiger partial charge in [0.25, 0.3) is 0 Å². The normalized spacial score (nSPS) is 8.52. The van der Waals surface area contributed by atoms with Gasteiger partial charge in [-0.1, -0.05) is 18.2 Å². The molecule has 8 nitrogen and oxygen atoms in total. The molecule has 0 saturated carbocycles. The van der Waals surface area contributed by atoms with Crippen LogP contribution in [0, 0.1) is 6.92 Å². The van der Waals surface area contributed by atoms with Crippen molar-refractivity contribution in [1.82, 2.24) is 9.97 Å². The fourth-order valence-corrected chi connectivity index (χ4v) is 0.893. The van der Waals surface area contributed by atoms with Crippen LogP contribution in [0.1, 0.15) is 5.82 Å². The number of rotatable bonds is 6. The third kappa shape index (κ3) is 17.6. The molecular formula is C10H23B2LiN2O6. The zero-order chi connectivity index (χ0) is 15.8. The van der Waals surface area contributed by atoms with Gasteiger partial charge in [0.1, 0.15) is 0 Å². The molecule has 0 atom stereocenters. The van der Waals surface area contributed by atoms with Gasteiger partial charge in [0.05, 0.1) is 0 Å². The minimum absolute atomic E-state index is 0. The monoisotopic (exact) mass is 296 g/mol. The second-order valence-corrected chi connectivity index (χ2v) is 3.10.